The number of carbonyl (C=O) groups excluding carboxylic acids is 1. The number of nitrogens with one attached hydrogen (secondary N) is 1. The van der Waals surface area contributed by atoms with Crippen molar-refractivity contribution in [2.24, 2.45) is 0 Å². The number of hydrogen-bond acceptors (Lipinski definition) is 6. The van der Waals surface area contributed by atoms with Crippen molar-refractivity contribution in [1.29, 1.82) is 0 Å². The average Bonchev–Trinajstić information content (AvgIpc) is 3.37. The number of β-amino-alcohol motifs (C(OH)–C–C–N with tert-alkyl or cyclic N) is 1. The van der Waals surface area contributed by atoms with Gasteiger partial charge < -0.3 is 15.1 Å². The Morgan fingerprint density at radius 1 is 1.19 bits per heavy atom. The number of amides is 1. The summed E-state index contributed by atoms with van der Waals surface area (Å²) in [7, 11) is -1.49. The number of aliphatic hydroxyl groups is 1. The molecule has 2 aromatic carbocycles. The Morgan fingerprint density at radius 3 is 2.41 bits per heavy atom. The summed E-state index contributed by atoms with van der Waals surface area (Å²) in [5.74, 6) is -2.84. The molecule has 3 N–H and O–H groups in total. The molecule has 0 radical (unpaired) electrons. The highest BCUT2D eigenvalue weighted by Crippen LogP contribution is 2.29. The summed E-state index contributed by atoms with van der Waals surface area (Å²) in [6.45, 7) is 2.10. The summed E-state index contributed by atoms with van der Waals surface area (Å²) in [6.07, 6.45) is -4.43. The quantitative estimate of drug-likeness (QED) is 0.511. The van der Waals surface area contributed by atoms with E-state index < -0.39 is 22.2 Å². The van der Waals surface area contributed by atoms with E-state index in [1.807, 2.05) is 37.4 Å². The maximum absolute atomic E-state index is 13.1. The van der Waals surface area contributed by atoms with Crippen molar-refractivity contribution in [3.05, 3.63) is 65.2 Å². The number of halogens is 3. The Bertz CT molecular complexity index is 1220. The molecule has 2 aliphatic rings. The fourth-order valence-electron chi connectivity index (χ4n) is 4.21. The molecule has 1 fully saturated rings. The molecule has 4 rings (SSSR count). The molecule has 9 nitrogen and oxygen atoms in total. The predicted molar refractivity (Wildman–Crippen MR) is 129 cm³/mol. The lowest BCUT2D eigenvalue weighted by Gasteiger charge is -2.32. The fourth-order valence-corrected chi connectivity index (χ4v) is 5.46. The smallest absolute Gasteiger partial charge is 0.475 e. The van der Waals surface area contributed by atoms with Gasteiger partial charge in [-0.1, -0.05) is 42.5 Å². The molecule has 0 spiro atoms. The molecule has 2 heterocycles. The lowest BCUT2D eigenvalue weighted by atomic mass is 10.0. The monoisotopic (exact) mass is 543 g/mol. The van der Waals surface area contributed by atoms with E-state index in [1.165, 1.54) is 0 Å². The second-order valence-electron chi connectivity index (χ2n) is 8.97. The van der Waals surface area contributed by atoms with Gasteiger partial charge in [-0.15, -0.1) is 0 Å². The van der Waals surface area contributed by atoms with Crippen LogP contribution in [-0.4, -0.2) is 79.3 Å². The van der Waals surface area contributed by atoms with Gasteiger partial charge in [0.1, 0.15) is 0 Å². The van der Waals surface area contributed by atoms with Gasteiger partial charge in [0.15, 0.2) is 0 Å². The van der Waals surface area contributed by atoms with Crippen molar-refractivity contribution in [3.63, 3.8) is 0 Å². The maximum atomic E-state index is 13.1. The van der Waals surface area contributed by atoms with Gasteiger partial charge in [-0.05, 0) is 29.2 Å². The number of rotatable bonds is 6. The standard InChI is InChI=1S/C22H27N3O4S.C2HF3O2/c1-24(21(17-5-3-2-4-6-17)14-25-10-9-19(26)13-25)22(27)12-16-7-8-20-18(11-16)15-30(28,29)23-20;3-2(4,5)1(6)7/h2-8,11,19,21,23,26H,9-10,12-15H2,1H3;(H,6,7)/t19?,21-;/m1./s1. The number of hydrogen-bond donors (Lipinski definition) is 3. The Labute approximate surface area is 212 Å². The van der Waals surface area contributed by atoms with Crippen LogP contribution in [0.4, 0.5) is 18.9 Å². The third-order valence-corrected chi connectivity index (χ3v) is 7.32. The zero-order valence-corrected chi connectivity index (χ0v) is 20.8. The van der Waals surface area contributed by atoms with E-state index in [0.717, 1.165) is 24.1 Å². The third kappa shape index (κ3) is 7.91. The number of aliphatic carboxylic acids is 1. The molecule has 0 saturated carbocycles. The predicted octanol–water partition coefficient (Wildman–Crippen LogP) is 2.38. The molecule has 0 aliphatic carbocycles. The number of anilines is 1. The lowest BCUT2D eigenvalue weighted by molar-refractivity contribution is -0.192. The van der Waals surface area contributed by atoms with E-state index in [0.29, 0.717) is 24.3 Å². The number of carbonyl (C=O) groups is 2. The number of alkyl halides is 3. The zero-order valence-electron chi connectivity index (χ0n) is 20.0. The molecular formula is C24H28F3N3O6S. The summed E-state index contributed by atoms with van der Waals surface area (Å²) >= 11 is 0. The molecule has 1 unspecified atom stereocenters. The van der Waals surface area contributed by atoms with Gasteiger partial charge in [-0.3, -0.25) is 14.4 Å². The number of carboxylic acid groups (broad SMARTS) is 1. The van der Waals surface area contributed by atoms with Gasteiger partial charge in [0.25, 0.3) is 0 Å². The van der Waals surface area contributed by atoms with Gasteiger partial charge in [0.2, 0.25) is 15.9 Å². The fraction of sp³-hybridized carbons (Fsp3) is 0.417. The first kappa shape index (κ1) is 28.4. The van der Waals surface area contributed by atoms with Crippen molar-refractivity contribution in [2.45, 2.75) is 36.9 Å². The van der Waals surface area contributed by atoms with Crippen LogP contribution in [0, 0.1) is 0 Å². The Hall–Kier alpha value is -3.16. The van der Waals surface area contributed by atoms with Gasteiger partial charge in [0.05, 0.1) is 30.0 Å². The van der Waals surface area contributed by atoms with E-state index in [-0.39, 0.29) is 30.2 Å². The van der Waals surface area contributed by atoms with Crippen LogP contribution in [0.15, 0.2) is 48.5 Å². The van der Waals surface area contributed by atoms with Crippen molar-refractivity contribution < 1.29 is 41.4 Å². The highest BCUT2D eigenvalue weighted by atomic mass is 32.2. The normalized spacial score (nSPS) is 19.2. The van der Waals surface area contributed by atoms with Crippen LogP contribution in [0.5, 0.6) is 0 Å². The number of likely N-dealkylation sites (N-methyl/N-ethyl adjacent to an activating group) is 1. The third-order valence-electron chi connectivity index (χ3n) is 6.10. The minimum Gasteiger partial charge on any atom is -0.475 e. The van der Waals surface area contributed by atoms with E-state index in [2.05, 4.69) is 9.62 Å². The van der Waals surface area contributed by atoms with Crippen LogP contribution in [0.2, 0.25) is 0 Å². The second-order valence-corrected chi connectivity index (χ2v) is 10.7. The lowest BCUT2D eigenvalue weighted by Crippen LogP contribution is -2.39. The molecule has 0 aromatic heterocycles. The van der Waals surface area contributed by atoms with Gasteiger partial charge in [0, 0.05) is 26.7 Å². The first-order valence-corrected chi connectivity index (χ1v) is 13.0. The van der Waals surface area contributed by atoms with E-state index >= 15 is 0 Å². The summed E-state index contributed by atoms with van der Waals surface area (Å²) < 4.78 is 57.8. The van der Waals surface area contributed by atoms with Gasteiger partial charge in [-0.2, -0.15) is 13.2 Å². The number of carboxylic acids is 1. The van der Waals surface area contributed by atoms with E-state index in [1.54, 1.807) is 23.1 Å². The molecule has 202 valence electrons. The highest BCUT2D eigenvalue weighted by Gasteiger charge is 2.38. The molecule has 37 heavy (non-hydrogen) atoms. The number of sulfonamides is 1. The van der Waals surface area contributed by atoms with Gasteiger partial charge in [-0.25, -0.2) is 13.2 Å². The maximum Gasteiger partial charge on any atom is 0.490 e. The summed E-state index contributed by atoms with van der Waals surface area (Å²) in [5, 5.41) is 17.0. The first-order valence-electron chi connectivity index (χ1n) is 11.4. The van der Waals surface area contributed by atoms with Crippen LogP contribution >= 0.6 is 0 Å². The molecule has 2 aromatic rings. The van der Waals surface area contributed by atoms with Crippen LogP contribution < -0.4 is 4.72 Å². The minimum atomic E-state index is -5.08. The molecule has 2 atom stereocenters. The molecule has 0 bridgehead atoms. The number of aliphatic hydroxyl groups excluding tert-OH is 1. The number of benzene rings is 2. The summed E-state index contributed by atoms with van der Waals surface area (Å²) in [4.78, 5) is 26.0. The van der Waals surface area contributed by atoms with Crippen LogP contribution in [0.25, 0.3) is 0 Å². The molecule has 1 saturated heterocycles. The number of nitrogens with zero attached hydrogens (tertiary/aromatic N) is 2. The number of fused-ring (bicyclic) bond motifs is 1. The van der Waals surface area contributed by atoms with Gasteiger partial charge >= 0.3 is 12.1 Å². The van der Waals surface area contributed by atoms with E-state index in [9.17, 15) is 31.5 Å². The van der Waals surface area contributed by atoms with Crippen LogP contribution in [0.1, 0.15) is 29.2 Å². The second kappa shape index (κ2) is 11.5. The highest BCUT2D eigenvalue weighted by molar-refractivity contribution is 7.92. The molecule has 13 heteroatoms. The number of likely N-dealkylation sites (tertiary alicyclic amines) is 1. The largest absolute Gasteiger partial charge is 0.490 e. The Balaban J connectivity index is 0.000000479. The Morgan fingerprint density at radius 2 is 1.84 bits per heavy atom. The van der Waals surface area contributed by atoms with E-state index in [4.69, 9.17) is 9.90 Å². The van der Waals surface area contributed by atoms with Crippen LogP contribution in [0.3, 0.4) is 0 Å². The molecule has 1 amide bonds. The van der Waals surface area contributed by atoms with Crippen molar-refractivity contribution in [3.8, 4) is 0 Å². The molecular weight excluding hydrogens is 515 g/mol. The Kier molecular flexibility index (Phi) is 8.82. The average molecular weight is 544 g/mol. The van der Waals surface area contributed by atoms with Crippen molar-refractivity contribution >= 4 is 27.6 Å². The zero-order chi connectivity index (χ0) is 27.4. The van der Waals surface area contributed by atoms with Crippen molar-refractivity contribution in [2.75, 3.05) is 31.4 Å². The summed E-state index contributed by atoms with van der Waals surface area (Å²) in [6, 6.07) is 15.1. The van der Waals surface area contributed by atoms with Crippen LogP contribution in [-0.2, 0) is 31.8 Å². The first-order chi connectivity index (χ1) is 17.2. The SMILES string of the molecule is CN(C(=O)Cc1ccc2c(c1)CS(=O)(=O)N2)[C@H](CN1CCC(O)C1)c1ccccc1.O=C(O)C(F)(F)F. The molecule has 2 aliphatic heterocycles. The van der Waals surface area contributed by atoms with Crippen molar-refractivity contribution in [1.82, 2.24) is 9.80 Å². The minimum absolute atomic E-state index is 0.0302. The topological polar surface area (TPSA) is 127 Å². The summed E-state index contributed by atoms with van der Waals surface area (Å²) in [5.41, 5.74) is 3.15.